The van der Waals surface area contributed by atoms with Crippen molar-refractivity contribution in [1.82, 2.24) is 14.5 Å². The fourth-order valence-corrected chi connectivity index (χ4v) is 2.49. The Morgan fingerprint density at radius 1 is 1.30 bits per heavy atom. The molecule has 0 aliphatic rings. The van der Waals surface area contributed by atoms with Crippen LogP contribution in [0, 0.1) is 0 Å². The van der Waals surface area contributed by atoms with E-state index in [2.05, 4.69) is 12.2 Å². The maximum atomic E-state index is 12.2. The molecule has 5 heteroatoms. The van der Waals surface area contributed by atoms with Crippen molar-refractivity contribution in [2.75, 3.05) is 0 Å². The Morgan fingerprint density at radius 3 is 2.60 bits per heavy atom. The quantitative estimate of drug-likeness (QED) is 0.902. The van der Waals surface area contributed by atoms with Crippen molar-refractivity contribution in [1.29, 1.82) is 0 Å². The minimum Gasteiger partial charge on any atom is -0.352 e. The molecule has 0 aliphatic carbocycles. The second-order valence-corrected chi connectivity index (χ2v) is 5.17. The van der Waals surface area contributed by atoms with Crippen LogP contribution in [0.4, 0.5) is 0 Å². The number of aromatic nitrogens is 2. The predicted octanol–water partition coefficient (Wildman–Crippen LogP) is 1.64. The number of nitrogens with zero attached hydrogens (tertiary/aromatic N) is 2. The molecule has 1 atom stereocenters. The van der Waals surface area contributed by atoms with Crippen LogP contribution in [0.15, 0.2) is 29.1 Å². The molecule has 1 aromatic heterocycles. The number of hydrogen-bond donors (Lipinski definition) is 1. The predicted molar refractivity (Wildman–Crippen MR) is 79.7 cm³/mol. The molecule has 2 rings (SSSR count). The normalized spacial score (nSPS) is 12.6. The molecule has 1 N–H and O–H groups in total. The summed E-state index contributed by atoms with van der Waals surface area (Å²) in [5.74, 6) is -0.121. The summed E-state index contributed by atoms with van der Waals surface area (Å²) >= 11 is 0. The van der Waals surface area contributed by atoms with Gasteiger partial charge in [-0.05, 0) is 25.5 Å². The lowest BCUT2D eigenvalue weighted by Crippen LogP contribution is -2.37. The number of hydrogen-bond acceptors (Lipinski definition) is 2. The molecule has 0 spiro atoms. The van der Waals surface area contributed by atoms with Gasteiger partial charge in [0, 0.05) is 13.1 Å². The van der Waals surface area contributed by atoms with E-state index in [0.29, 0.717) is 0 Å². The van der Waals surface area contributed by atoms with Crippen LogP contribution in [0.1, 0.15) is 26.7 Å². The van der Waals surface area contributed by atoms with Crippen molar-refractivity contribution >= 4 is 16.9 Å². The molecular weight excluding hydrogens is 254 g/mol. The first-order valence-electron chi connectivity index (χ1n) is 6.98. The van der Waals surface area contributed by atoms with Gasteiger partial charge in [-0.2, -0.15) is 0 Å². The van der Waals surface area contributed by atoms with Gasteiger partial charge >= 0.3 is 5.69 Å². The molecule has 108 valence electrons. The van der Waals surface area contributed by atoms with Crippen LogP contribution in [0.2, 0.25) is 0 Å². The zero-order chi connectivity index (χ0) is 14.7. The monoisotopic (exact) mass is 275 g/mol. The van der Waals surface area contributed by atoms with Crippen LogP contribution in [0.25, 0.3) is 11.0 Å². The highest BCUT2D eigenvalue weighted by Crippen LogP contribution is 2.11. The van der Waals surface area contributed by atoms with Gasteiger partial charge in [-0.15, -0.1) is 0 Å². The minimum absolute atomic E-state index is 0.0637. The zero-order valence-corrected chi connectivity index (χ0v) is 12.2. The highest BCUT2D eigenvalue weighted by Gasteiger charge is 2.14. The summed E-state index contributed by atoms with van der Waals surface area (Å²) in [5, 5.41) is 2.92. The lowest BCUT2D eigenvalue weighted by molar-refractivity contribution is -0.122. The smallest absolute Gasteiger partial charge is 0.329 e. The van der Waals surface area contributed by atoms with Crippen LogP contribution in [-0.4, -0.2) is 21.1 Å². The van der Waals surface area contributed by atoms with Crippen molar-refractivity contribution in [3.05, 3.63) is 34.7 Å². The first kappa shape index (κ1) is 14.4. The molecule has 0 saturated carbocycles. The van der Waals surface area contributed by atoms with E-state index in [1.54, 1.807) is 11.6 Å². The van der Waals surface area contributed by atoms with E-state index in [4.69, 9.17) is 0 Å². The maximum Gasteiger partial charge on any atom is 0.329 e. The van der Waals surface area contributed by atoms with Gasteiger partial charge < -0.3 is 5.32 Å². The van der Waals surface area contributed by atoms with Crippen molar-refractivity contribution in [3.63, 3.8) is 0 Å². The molecule has 0 fully saturated rings. The van der Waals surface area contributed by atoms with Gasteiger partial charge in [0.15, 0.2) is 0 Å². The molecule has 20 heavy (non-hydrogen) atoms. The summed E-state index contributed by atoms with van der Waals surface area (Å²) in [6.45, 7) is 4.12. The molecule has 0 unspecified atom stereocenters. The molecule has 2 aromatic rings. The number of carbonyl (C=O) groups excluding carboxylic acids is 1. The number of amides is 1. The van der Waals surface area contributed by atoms with E-state index >= 15 is 0 Å². The van der Waals surface area contributed by atoms with Gasteiger partial charge in [-0.1, -0.05) is 25.5 Å². The Balaban J connectivity index is 2.24. The minimum atomic E-state index is -0.163. The molecule has 5 nitrogen and oxygen atoms in total. The van der Waals surface area contributed by atoms with Crippen LogP contribution in [0.3, 0.4) is 0 Å². The van der Waals surface area contributed by atoms with Crippen LogP contribution >= 0.6 is 0 Å². The van der Waals surface area contributed by atoms with E-state index in [9.17, 15) is 9.59 Å². The fraction of sp³-hybridized carbons (Fsp3) is 0.467. The first-order chi connectivity index (χ1) is 9.54. The van der Waals surface area contributed by atoms with Gasteiger partial charge in [0.05, 0.1) is 11.0 Å². The summed E-state index contributed by atoms with van der Waals surface area (Å²) in [4.78, 5) is 24.2. The van der Waals surface area contributed by atoms with E-state index in [-0.39, 0.29) is 24.2 Å². The van der Waals surface area contributed by atoms with Gasteiger partial charge in [0.25, 0.3) is 0 Å². The van der Waals surface area contributed by atoms with Crippen molar-refractivity contribution in [3.8, 4) is 0 Å². The number of para-hydroxylation sites is 2. The highest BCUT2D eigenvalue weighted by molar-refractivity contribution is 5.81. The fourth-order valence-electron chi connectivity index (χ4n) is 2.49. The van der Waals surface area contributed by atoms with Gasteiger partial charge in [-0.25, -0.2) is 4.79 Å². The third-order valence-electron chi connectivity index (χ3n) is 3.48. The molecular formula is C15H21N3O2. The first-order valence-corrected chi connectivity index (χ1v) is 6.98. The number of fused-ring (bicyclic) bond motifs is 1. The third-order valence-corrected chi connectivity index (χ3v) is 3.48. The average molecular weight is 275 g/mol. The summed E-state index contributed by atoms with van der Waals surface area (Å²) in [7, 11) is 1.72. The summed E-state index contributed by atoms with van der Waals surface area (Å²) in [6.07, 6.45) is 1.96. The number of rotatable bonds is 5. The molecule has 0 aliphatic heterocycles. The second-order valence-electron chi connectivity index (χ2n) is 5.17. The molecule has 0 radical (unpaired) electrons. The van der Waals surface area contributed by atoms with Gasteiger partial charge in [-0.3, -0.25) is 13.9 Å². The van der Waals surface area contributed by atoms with Crippen LogP contribution < -0.4 is 11.0 Å². The lowest BCUT2D eigenvalue weighted by atomic mass is 10.2. The molecule has 1 heterocycles. The summed E-state index contributed by atoms with van der Waals surface area (Å²) in [5.41, 5.74) is 1.47. The van der Waals surface area contributed by atoms with E-state index in [1.165, 1.54) is 4.57 Å². The SMILES string of the molecule is CCC[C@H](C)NC(=O)Cn1c(=O)n(C)c2ccccc21. The Morgan fingerprint density at radius 2 is 1.95 bits per heavy atom. The van der Waals surface area contributed by atoms with Crippen molar-refractivity contribution in [2.45, 2.75) is 39.3 Å². The summed E-state index contributed by atoms with van der Waals surface area (Å²) < 4.78 is 3.08. The lowest BCUT2D eigenvalue weighted by Gasteiger charge is -2.12. The number of carbonyl (C=O) groups is 1. The topological polar surface area (TPSA) is 56.0 Å². The van der Waals surface area contributed by atoms with Crippen LogP contribution in [0.5, 0.6) is 0 Å². The van der Waals surface area contributed by atoms with Gasteiger partial charge in [0.1, 0.15) is 6.54 Å². The molecule has 0 saturated heterocycles. The van der Waals surface area contributed by atoms with E-state index in [0.717, 1.165) is 23.9 Å². The highest BCUT2D eigenvalue weighted by atomic mass is 16.2. The molecule has 0 bridgehead atoms. The van der Waals surface area contributed by atoms with Crippen molar-refractivity contribution in [2.24, 2.45) is 7.05 Å². The number of benzene rings is 1. The number of nitrogens with one attached hydrogen (secondary N) is 1. The Bertz CT molecular complexity index is 669. The zero-order valence-electron chi connectivity index (χ0n) is 12.2. The largest absolute Gasteiger partial charge is 0.352 e. The standard InChI is InChI=1S/C15H21N3O2/c1-4-7-11(2)16-14(19)10-18-13-9-6-5-8-12(13)17(3)15(18)20/h5-6,8-9,11H,4,7,10H2,1-3H3,(H,16,19)/t11-/m0/s1. The third kappa shape index (κ3) is 2.76. The van der Waals surface area contributed by atoms with Crippen LogP contribution in [-0.2, 0) is 18.4 Å². The van der Waals surface area contributed by atoms with Crippen molar-refractivity contribution < 1.29 is 4.79 Å². The maximum absolute atomic E-state index is 12.2. The van der Waals surface area contributed by atoms with E-state index < -0.39 is 0 Å². The van der Waals surface area contributed by atoms with Gasteiger partial charge in [0.2, 0.25) is 5.91 Å². The Kier molecular flexibility index (Phi) is 4.27. The molecule has 1 aromatic carbocycles. The van der Waals surface area contributed by atoms with E-state index in [1.807, 2.05) is 31.2 Å². The summed E-state index contributed by atoms with van der Waals surface area (Å²) in [6, 6.07) is 7.63. The average Bonchev–Trinajstić information content (AvgIpc) is 2.65. The second kappa shape index (κ2) is 5.94. The molecule has 1 amide bonds. The Hall–Kier alpha value is -2.04. The number of imidazole rings is 1. The number of aryl methyl sites for hydroxylation is 1. The Labute approximate surface area is 118 Å².